The number of amides is 2. The van der Waals surface area contributed by atoms with E-state index in [-0.39, 0.29) is 18.9 Å². The number of carbonyl (C=O) groups is 3. The molecular formula is C20H21N5O4. The van der Waals surface area contributed by atoms with Gasteiger partial charge in [-0.1, -0.05) is 18.2 Å². The van der Waals surface area contributed by atoms with Crippen molar-refractivity contribution in [3.8, 4) is 6.07 Å². The minimum Gasteiger partial charge on any atom is -0.468 e. The topological polar surface area (TPSA) is 117 Å². The second-order valence-corrected chi connectivity index (χ2v) is 6.07. The van der Waals surface area contributed by atoms with Crippen LogP contribution in [-0.4, -0.2) is 42.3 Å². The van der Waals surface area contributed by atoms with Gasteiger partial charge in [-0.3, -0.25) is 19.1 Å². The van der Waals surface area contributed by atoms with Gasteiger partial charge < -0.3 is 4.74 Å². The van der Waals surface area contributed by atoms with Gasteiger partial charge in [0.15, 0.2) is 0 Å². The van der Waals surface area contributed by atoms with Crippen LogP contribution in [0, 0.1) is 25.2 Å². The molecule has 0 spiro atoms. The van der Waals surface area contributed by atoms with E-state index >= 15 is 0 Å². The first-order valence-corrected chi connectivity index (χ1v) is 8.70. The number of benzene rings is 1. The maximum absolute atomic E-state index is 13.1. The fourth-order valence-electron chi connectivity index (χ4n) is 2.71. The molecule has 29 heavy (non-hydrogen) atoms. The smallest absolute Gasteiger partial charge is 0.327 e. The van der Waals surface area contributed by atoms with Crippen LogP contribution < -0.4 is 10.4 Å². The van der Waals surface area contributed by atoms with Gasteiger partial charge in [0, 0.05) is 22.5 Å². The van der Waals surface area contributed by atoms with Crippen LogP contribution in [0.2, 0.25) is 0 Å². The normalized spacial score (nSPS) is 10.4. The van der Waals surface area contributed by atoms with Crippen molar-refractivity contribution in [3.63, 3.8) is 0 Å². The standard InChI is InChI=1S/C20H21N5O4/c1-14-11-17(12-22-23-18(26)9-10-21)15(2)25(14)24(13-19(27)29-3)20(28)16-7-5-4-6-8-16/h4-8,11-12H,9,13H2,1-3H3,(H,23,26)/b22-12-. The highest BCUT2D eigenvalue weighted by molar-refractivity contribution is 6.04. The molecule has 2 amide bonds. The summed E-state index contributed by atoms with van der Waals surface area (Å²) in [5.41, 5.74) is 4.62. The number of rotatable bonds is 7. The molecule has 2 rings (SSSR count). The van der Waals surface area contributed by atoms with Gasteiger partial charge in [-0.2, -0.15) is 10.4 Å². The number of aromatic nitrogens is 1. The number of ether oxygens (including phenoxy) is 1. The summed E-state index contributed by atoms with van der Waals surface area (Å²) in [7, 11) is 1.25. The number of carbonyl (C=O) groups excluding carboxylic acids is 3. The predicted molar refractivity (Wildman–Crippen MR) is 106 cm³/mol. The first-order chi connectivity index (χ1) is 13.9. The molecule has 1 aromatic heterocycles. The van der Waals surface area contributed by atoms with Crippen LogP contribution in [0.25, 0.3) is 0 Å². The second-order valence-electron chi connectivity index (χ2n) is 6.07. The van der Waals surface area contributed by atoms with Gasteiger partial charge in [0.1, 0.15) is 13.0 Å². The highest BCUT2D eigenvalue weighted by Gasteiger charge is 2.24. The van der Waals surface area contributed by atoms with Crippen LogP contribution in [0.1, 0.15) is 33.7 Å². The number of hydrazone groups is 1. The van der Waals surface area contributed by atoms with Crippen molar-refractivity contribution in [2.24, 2.45) is 5.10 Å². The quantitative estimate of drug-likeness (QED) is 0.432. The number of nitriles is 1. The molecular weight excluding hydrogens is 374 g/mol. The Kier molecular flexibility index (Phi) is 7.26. The number of nitrogens with zero attached hydrogens (tertiary/aromatic N) is 4. The Morgan fingerprint density at radius 3 is 2.59 bits per heavy atom. The number of hydrogen-bond donors (Lipinski definition) is 1. The average molecular weight is 395 g/mol. The van der Waals surface area contributed by atoms with Crippen molar-refractivity contribution in [2.75, 3.05) is 18.7 Å². The zero-order valence-electron chi connectivity index (χ0n) is 16.4. The third-order valence-corrected chi connectivity index (χ3v) is 4.07. The van der Waals surface area contributed by atoms with Crippen LogP contribution in [0.5, 0.6) is 0 Å². The molecule has 9 nitrogen and oxygen atoms in total. The van der Waals surface area contributed by atoms with Gasteiger partial charge in [-0.25, -0.2) is 10.4 Å². The Hall–Kier alpha value is -3.93. The maximum atomic E-state index is 13.1. The lowest BCUT2D eigenvalue weighted by atomic mass is 10.2. The van der Waals surface area contributed by atoms with Gasteiger partial charge in [0.05, 0.1) is 19.4 Å². The van der Waals surface area contributed by atoms with Gasteiger partial charge >= 0.3 is 5.97 Å². The largest absolute Gasteiger partial charge is 0.468 e. The summed E-state index contributed by atoms with van der Waals surface area (Å²) in [6, 6.07) is 12.1. The van der Waals surface area contributed by atoms with E-state index in [4.69, 9.17) is 10.00 Å². The zero-order valence-corrected chi connectivity index (χ0v) is 16.4. The van der Waals surface area contributed by atoms with E-state index < -0.39 is 11.9 Å². The van der Waals surface area contributed by atoms with Crippen LogP contribution in [0.4, 0.5) is 0 Å². The Balaban J connectivity index is 2.38. The number of methoxy groups -OCH3 is 1. The Bertz CT molecular complexity index is 973. The molecule has 0 atom stereocenters. The molecule has 0 saturated carbocycles. The van der Waals surface area contributed by atoms with Crippen molar-refractivity contribution >= 4 is 24.0 Å². The van der Waals surface area contributed by atoms with Crippen LogP contribution in [0.3, 0.4) is 0 Å². The minimum absolute atomic E-state index is 0.282. The van der Waals surface area contributed by atoms with E-state index in [2.05, 4.69) is 10.5 Å². The summed E-state index contributed by atoms with van der Waals surface area (Å²) < 4.78 is 6.34. The molecule has 0 saturated heterocycles. The summed E-state index contributed by atoms with van der Waals surface area (Å²) in [6.45, 7) is 3.26. The molecule has 0 radical (unpaired) electrons. The molecule has 1 aromatic carbocycles. The van der Waals surface area contributed by atoms with Crippen molar-refractivity contribution in [1.29, 1.82) is 5.26 Å². The van der Waals surface area contributed by atoms with Gasteiger partial charge in [-0.15, -0.1) is 0 Å². The average Bonchev–Trinajstić information content (AvgIpc) is 2.99. The molecule has 0 fully saturated rings. The molecule has 0 aliphatic carbocycles. The van der Waals surface area contributed by atoms with Crippen molar-refractivity contribution < 1.29 is 19.1 Å². The third kappa shape index (κ3) is 5.29. The maximum Gasteiger partial charge on any atom is 0.327 e. The number of esters is 1. The van der Waals surface area contributed by atoms with Crippen molar-refractivity contribution in [1.82, 2.24) is 10.1 Å². The molecule has 0 unspecified atom stereocenters. The molecule has 0 aliphatic rings. The summed E-state index contributed by atoms with van der Waals surface area (Å²) in [5.74, 6) is -1.46. The molecule has 0 bridgehead atoms. The van der Waals surface area contributed by atoms with Crippen LogP contribution in [-0.2, 0) is 14.3 Å². The van der Waals surface area contributed by atoms with Crippen molar-refractivity contribution in [2.45, 2.75) is 20.3 Å². The van der Waals surface area contributed by atoms with E-state index in [0.29, 0.717) is 22.5 Å². The second kappa shape index (κ2) is 9.85. The van der Waals surface area contributed by atoms with E-state index in [9.17, 15) is 14.4 Å². The zero-order chi connectivity index (χ0) is 21.4. The lowest BCUT2D eigenvalue weighted by molar-refractivity contribution is -0.139. The Labute approximate surface area is 168 Å². The van der Waals surface area contributed by atoms with Gasteiger partial charge in [0.2, 0.25) is 0 Å². The minimum atomic E-state index is -0.569. The monoisotopic (exact) mass is 395 g/mol. The first-order valence-electron chi connectivity index (χ1n) is 8.70. The fourth-order valence-corrected chi connectivity index (χ4v) is 2.71. The van der Waals surface area contributed by atoms with Gasteiger partial charge in [-0.05, 0) is 32.0 Å². The van der Waals surface area contributed by atoms with Crippen LogP contribution >= 0.6 is 0 Å². The summed E-state index contributed by atoms with van der Waals surface area (Å²) in [4.78, 5) is 36.3. The predicted octanol–water partition coefficient (Wildman–Crippen LogP) is 1.42. The SMILES string of the molecule is COC(=O)CN(C(=O)c1ccccc1)n1c(C)cc(/C=N\NC(=O)CC#N)c1C. The summed E-state index contributed by atoms with van der Waals surface area (Å²) in [5, 5.41) is 13.6. The number of hydrogen-bond acceptors (Lipinski definition) is 6. The van der Waals surface area contributed by atoms with E-state index in [0.717, 1.165) is 0 Å². The third-order valence-electron chi connectivity index (χ3n) is 4.07. The molecule has 0 aliphatic heterocycles. The molecule has 150 valence electrons. The molecule has 2 aromatic rings. The molecule has 9 heteroatoms. The lowest BCUT2D eigenvalue weighted by Crippen LogP contribution is -2.45. The first kappa shape index (κ1) is 21.4. The van der Waals surface area contributed by atoms with Crippen LogP contribution in [0.15, 0.2) is 41.5 Å². The molecule has 1 heterocycles. The molecule has 1 N–H and O–H groups in total. The van der Waals surface area contributed by atoms with Gasteiger partial charge in [0.25, 0.3) is 11.8 Å². The van der Waals surface area contributed by atoms with Crippen molar-refractivity contribution in [3.05, 3.63) is 58.9 Å². The van der Waals surface area contributed by atoms with E-state index in [1.165, 1.54) is 18.3 Å². The van der Waals surface area contributed by atoms with E-state index in [1.54, 1.807) is 61.0 Å². The van der Waals surface area contributed by atoms with E-state index in [1.807, 2.05) is 0 Å². The highest BCUT2D eigenvalue weighted by Crippen LogP contribution is 2.16. The highest BCUT2D eigenvalue weighted by atomic mass is 16.5. The summed E-state index contributed by atoms with van der Waals surface area (Å²) >= 11 is 0. The fraction of sp³-hybridized carbons (Fsp3) is 0.250. The number of aryl methyl sites for hydroxylation is 1. The Morgan fingerprint density at radius 1 is 1.28 bits per heavy atom. The lowest BCUT2D eigenvalue weighted by Gasteiger charge is -2.26. The Morgan fingerprint density at radius 2 is 1.97 bits per heavy atom. The summed E-state index contributed by atoms with van der Waals surface area (Å²) in [6.07, 6.45) is 1.12. The number of nitrogens with one attached hydrogen (secondary N) is 1.